The Balaban J connectivity index is 2.40. The second kappa shape index (κ2) is 5.38. The summed E-state index contributed by atoms with van der Waals surface area (Å²) in [6.07, 6.45) is 0. The molecule has 0 radical (unpaired) electrons. The monoisotopic (exact) mass is 310 g/mol. The number of hydrogen-bond donors (Lipinski definition) is 0. The first-order valence-corrected chi connectivity index (χ1v) is 9.56. The second-order valence-electron chi connectivity index (χ2n) is 4.45. The molecule has 0 saturated carbocycles. The molecule has 0 heterocycles. The van der Waals surface area contributed by atoms with E-state index in [0.29, 0.717) is 5.56 Å². The van der Waals surface area contributed by atoms with Crippen LogP contribution >= 0.6 is 0 Å². The maximum absolute atomic E-state index is 12.2. The Morgan fingerprint density at radius 3 is 1.90 bits per heavy atom. The molecule has 0 unspecified atom stereocenters. The Hall–Kier alpha value is -1.66. The molecule has 0 aliphatic heterocycles. The number of benzene rings is 2. The fourth-order valence-corrected chi connectivity index (χ4v) is 5.31. The largest absolute Gasteiger partial charge is 0.282 e. The van der Waals surface area contributed by atoms with E-state index < -0.39 is 23.5 Å². The smallest absolute Gasteiger partial charge is 0.212 e. The van der Waals surface area contributed by atoms with Gasteiger partial charge in [0, 0.05) is 0 Å². The van der Waals surface area contributed by atoms with Gasteiger partial charge in [-0.2, -0.15) is 0 Å². The van der Waals surface area contributed by atoms with Crippen molar-refractivity contribution in [1.29, 1.82) is 0 Å². The van der Waals surface area contributed by atoms with Crippen molar-refractivity contribution in [2.75, 3.05) is 0 Å². The Kier molecular flexibility index (Phi) is 3.96. The van der Waals surface area contributed by atoms with Gasteiger partial charge in [0.05, 0.1) is 10.6 Å². The first-order valence-electron chi connectivity index (χ1n) is 5.91. The van der Waals surface area contributed by atoms with Gasteiger partial charge in [-0.1, -0.05) is 48.0 Å². The van der Waals surface area contributed by atoms with E-state index in [1.54, 1.807) is 49.4 Å². The average molecular weight is 310 g/mol. The van der Waals surface area contributed by atoms with E-state index in [2.05, 4.69) is 0 Å². The van der Waals surface area contributed by atoms with Crippen molar-refractivity contribution in [3.63, 3.8) is 0 Å². The van der Waals surface area contributed by atoms with E-state index >= 15 is 0 Å². The van der Waals surface area contributed by atoms with E-state index in [1.165, 1.54) is 12.1 Å². The topological polar surface area (TPSA) is 68.3 Å². The number of aryl methyl sites for hydroxylation is 1. The molecule has 2 aromatic carbocycles. The van der Waals surface area contributed by atoms with E-state index in [4.69, 9.17) is 0 Å². The molecule has 0 fully saturated rings. The summed E-state index contributed by atoms with van der Waals surface area (Å²) in [5, 5.41) is 0. The summed E-state index contributed by atoms with van der Waals surface area (Å²) in [7, 11) is -8.69. The molecule has 4 nitrogen and oxygen atoms in total. The first-order chi connectivity index (χ1) is 9.33. The third-order valence-electron chi connectivity index (χ3n) is 2.83. The van der Waals surface area contributed by atoms with Gasteiger partial charge < -0.3 is 0 Å². The van der Waals surface area contributed by atoms with Crippen molar-refractivity contribution in [3.05, 3.63) is 65.7 Å². The van der Waals surface area contributed by atoms with Gasteiger partial charge in [-0.25, -0.2) is 16.8 Å². The molecule has 106 valence electrons. The Bertz CT molecular complexity index is 790. The van der Waals surface area contributed by atoms with Crippen molar-refractivity contribution < 1.29 is 16.8 Å². The average Bonchev–Trinajstić information content (AvgIpc) is 2.39. The molecule has 0 amide bonds. The van der Waals surface area contributed by atoms with Gasteiger partial charge in [-0.15, -0.1) is 0 Å². The summed E-state index contributed by atoms with van der Waals surface area (Å²) in [5.74, 6) is -0.524. The summed E-state index contributed by atoms with van der Waals surface area (Å²) in [6.45, 7) is 1.80. The summed E-state index contributed by atoms with van der Waals surface area (Å²) < 4.78 is 48.6. The predicted octanol–water partition coefficient (Wildman–Crippen LogP) is 2.30. The summed E-state index contributed by atoms with van der Waals surface area (Å²) >= 11 is 0. The highest BCUT2D eigenvalue weighted by Gasteiger charge is 2.31. The molecule has 2 rings (SSSR count). The molecule has 0 N–H and O–H groups in total. The standard InChI is InChI=1S/C14H14O4S2/c1-12-7-9-14(10-8-12)20(17,18)19(15,16)11-13-5-3-2-4-6-13/h2-10H,11H2,1H3. The lowest BCUT2D eigenvalue weighted by atomic mass is 10.2. The molecule has 0 spiro atoms. The van der Waals surface area contributed by atoms with Crippen LogP contribution in [0.25, 0.3) is 0 Å². The summed E-state index contributed by atoms with van der Waals surface area (Å²) in [5.41, 5.74) is 1.31. The van der Waals surface area contributed by atoms with Crippen LogP contribution in [0.5, 0.6) is 0 Å². The third-order valence-corrected chi connectivity index (χ3v) is 7.97. The highest BCUT2D eigenvalue weighted by molar-refractivity contribution is 8.66. The molecule has 2 aromatic rings. The molecule has 0 aliphatic rings. The predicted molar refractivity (Wildman–Crippen MR) is 77.4 cm³/mol. The van der Waals surface area contributed by atoms with E-state index in [-0.39, 0.29) is 4.90 Å². The van der Waals surface area contributed by atoms with Gasteiger partial charge in [0.2, 0.25) is 0 Å². The SMILES string of the molecule is Cc1ccc(S(=O)(=O)S(=O)(=O)Cc2ccccc2)cc1. The molecule has 0 aliphatic carbocycles. The van der Waals surface area contributed by atoms with E-state index in [1.807, 2.05) is 0 Å². The maximum atomic E-state index is 12.2. The van der Waals surface area contributed by atoms with Gasteiger partial charge in [0.15, 0.2) is 0 Å². The lowest BCUT2D eigenvalue weighted by Crippen LogP contribution is -2.17. The van der Waals surface area contributed by atoms with Gasteiger partial charge in [-0.3, -0.25) is 0 Å². The maximum Gasteiger partial charge on any atom is 0.282 e. The van der Waals surface area contributed by atoms with Crippen molar-refractivity contribution in [2.24, 2.45) is 0 Å². The minimum absolute atomic E-state index is 0.195. The van der Waals surface area contributed by atoms with Crippen LogP contribution in [-0.4, -0.2) is 16.8 Å². The molecule has 0 atom stereocenters. The third kappa shape index (κ3) is 2.91. The van der Waals surface area contributed by atoms with Crippen molar-refractivity contribution >= 4 is 17.7 Å². The van der Waals surface area contributed by atoms with Crippen LogP contribution in [0.15, 0.2) is 59.5 Å². The normalized spacial score (nSPS) is 12.2. The lowest BCUT2D eigenvalue weighted by Gasteiger charge is -2.06. The molecule has 0 aromatic heterocycles. The van der Waals surface area contributed by atoms with Gasteiger partial charge in [0.25, 0.3) is 17.7 Å². The van der Waals surface area contributed by atoms with Crippen LogP contribution in [0.1, 0.15) is 11.1 Å². The van der Waals surface area contributed by atoms with Crippen LogP contribution < -0.4 is 0 Å². The Morgan fingerprint density at radius 1 is 0.800 bits per heavy atom. The van der Waals surface area contributed by atoms with Crippen molar-refractivity contribution in [1.82, 2.24) is 0 Å². The zero-order valence-corrected chi connectivity index (χ0v) is 12.5. The number of hydrogen-bond acceptors (Lipinski definition) is 4. The zero-order valence-electron chi connectivity index (χ0n) is 10.9. The molecule has 6 heteroatoms. The Morgan fingerprint density at radius 2 is 1.35 bits per heavy atom. The molecule has 0 saturated heterocycles. The van der Waals surface area contributed by atoms with Crippen LogP contribution in [0.4, 0.5) is 0 Å². The molecule has 0 bridgehead atoms. The van der Waals surface area contributed by atoms with E-state index in [0.717, 1.165) is 5.56 Å². The minimum Gasteiger partial charge on any atom is -0.212 e. The Labute approximate surface area is 118 Å². The van der Waals surface area contributed by atoms with E-state index in [9.17, 15) is 16.8 Å². The highest BCUT2D eigenvalue weighted by Crippen LogP contribution is 2.21. The van der Waals surface area contributed by atoms with Crippen molar-refractivity contribution in [3.8, 4) is 0 Å². The highest BCUT2D eigenvalue weighted by atomic mass is 33.2. The number of rotatable bonds is 4. The fourth-order valence-electron chi connectivity index (χ4n) is 1.71. The zero-order chi connectivity index (χ0) is 14.8. The fraction of sp³-hybridized carbons (Fsp3) is 0.143. The van der Waals surface area contributed by atoms with Gasteiger partial charge >= 0.3 is 0 Å². The molecule has 20 heavy (non-hydrogen) atoms. The van der Waals surface area contributed by atoms with Gasteiger partial charge in [0.1, 0.15) is 0 Å². The molecular weight excluding hydrogens is 296 g/mol. The van der Waals surface area contributed by atoms with Crippen molar-refractivity contribution in [2.45, 2.75) is 17.6 Å². The van der Waals surface area contributed by atoms with Crippen LogP contribution in [0.3, 0.4) is 0 Å². The van der Waals surface area contributed by atoms with Crippen LogP contribution in [0, 0.1) is 6.92 Å². The second-order valence-corrected chi connectivity index (χ2v) is 10.1. The van der Waals surface area contributed by atoms with Crippen LogP contribution in [0.2, 0.25) is 0 Å². The summed E-state index contributed by atoms with van der Waals surface area (Å²) in [4.78, 5) is -0.195. The quantitative estimate of drug-likeness (QED) is 0.813. The summed E-state index contributed by atoms with van der Waals surface area (Å²) in [6, 6.07) is 14.0. The molecular formula is C14H14O4S2. The lowest BCUT2D eigenvalue weighted by molar-refractivity contribution is 0.582. The van der Waals surface area contributed by atoms with Crippen LogP contribution in [-0.2, 0) is 23.5 Å². The first kappa shape index (κ1) is 14.7. The van der Waals surface area contributed by atoms with Gasteiger partial charge in [-0.05, 0) is 24.6 Å². The minimum atomic E-state index is -4.38.